The molecule has 0 spiro atoms. The smallest absolute Gasteiger partial charge is 0.203 e. The van der Waals surface area contributed by atoms with Gasteiger partial charge in [-0.05, 0) is 23.3 Å². The van der Waals surface area contributed by atoms with Crippen molar-refractivity contribution in [3.8, 4) is 17.2 Å². The van der Waals surface area contributed by atoms with Crippen LogP contribution in [0.5, 0.6) is 17.2 Å². The van der Waals surface area contributed by atoms with E-state index in [0.717, 1.165) is 11.1 Å². The second kappa shape index (κ2) is 14.1. The van der Waals surface area contributed by atoms with E-state index in [1.54, 1.807) is 28.4 Å². The lowest BCUT2D eigenvalue weighted by Crippen LogP contribution is -2.38. The van der Waals surface area contributed by atoms with Crippen molar-refractivity contribution in [2.24, 2.45) is 4.99 Å². The number of methoxy groups -OCH3 is 3. The fraction of sp³-hybridized carbons (Fsp3) is 0.381. The van der Waals surface area contributed by atoms with Crippen LogP contribution in [-0.4, -0.2) is 50.8 Å². The minimum Gasteiger partial charge on any atom is -0.493 e. The average molecular weight is 547 g/mol. The summed E-state index contributed by atoms with van der Waals surface area (Å²) in [7, 11) is 5.52. The molecule has 0 saturated heterocycles. The summed E-state index contributed by atoms with van der Waals surface area (Å²) in [6.07, 6.45) is 0. The Morgan fingerprint density at radius 2 is 1.60 bits per heavy atom. The number of halogens is 1. The van der Waals surface area contributed by atoms with Crippen LogP contribution in [-0.2, 0) is 23.1 Å². The molecule has 2 aromatic rings. The molecule has 0 amide bonds. The highest BCUT2D eigenvalue weighted by Gasteiger charge is 2.13. The molecule has 0 aliphatic heterocycles. The highest BCUT2D eigenvalue weighted by molar-refractivity contribution is 14.0. The number of rotatable bonds is 10. The predicted octanol–water partition coefficient (Wildman–Crippen LogP) is 2.94. The Kier molecular flexibility index (Phi) is 12.2. The normalized spacial score (nSPS) is 11.8. The maximum absolute atomic E-state index is 12.2. The second-order valence-corrected chi connectivity index (χ2v) is 7.74. The Bertz CT molecular complexity index is 809. The Morgan fingerprint density at radius 1 is 0.967 bits per heavy atom. The van der Waals surface area contributed by atoms with Crippen molar-refractivity contribution >= 4 is 40.7 Å². The number of aliphatic imine (C=N–C) groups is 1. The van der Waals surface area contributed by atoms with E-state index in [4.69, 9.17) is 14.2 Å². The van der Waals surface area contributed by atoms with Gasteiger partial charge in [-0.25, -0.2) is 0 Å². The van der Waals surface area contributed by atoms with E-state index < -0.39 is 10.8 Å². The van der Waals surface area contributed by atoms with E-state index in [-0.39, 0.29) is 24.0 Å². The molecule has 2 aromatic carbocycles. The zero-order valence-electron chi connectivity index (χ0n) is 17.8. The van der Waals surface area contributed by atoms with E-state index in [9.17, 15) is 4.21 Å². The number of hydrogen-bond acceptors (Lipinski definition) is 5. The van der Waals surface area contributed by atoms with Crippen molar-refractivity contribution in [1.82, 2.24) is 10.6 Å². The van der Waals surface area contributed by atoms with Crippen LogP contribution in [0.1, 0.15) is 11.1 Å². The quantitative estimate of drug-likeness (QED) is 0.271. The van der Waals surface area contributed by atoms with Gasteiger partial charge in [-0.3, -0.25) is 9.20 Å². The second-order valence-electron chi connectivity index (χ2n) is 6.16. The molecule has 0 heterocycles. The SMILES string of the molecule is CN=C(NCCS(=O)Cc1ccccc1)NCc1cc(OC)c(OC)c(OC)c1.I. The highest BCUT2D eigenvalue weighted by atomic mass is 127. The van der Waals surface area contributed by atoms with Gasteiger partial charge in [-0.15, -0.1) is 24.0 Å². The third-order valence-electron chi connectivity index (χ3n) is 4.20. The molecule has 0 bridgehead atoms. The first-order valence-electron chi connectivity index (χ1n) is 9.23. The summed E-state index contributed by atoms with van der Waals surface area (Å²) in [4.78, 5) is 4.21. The Morgan fingerprint density at radius 3 is 2.13 bits per heavy atom. The minimum atomic E-state index is -0.934. The minimum absolute atomic E-state index is 0. The molecule has 7 nitrogen and oxygen atoms in total. The standard InChI is InChI=1S/C21H29N3O4S.HI/c1-22-21(23-10-11-29(25)15-16-8-6-5-7-9-16)24-14-17-12-18(26-2)20(28-4)19(13-17)27-3;/h5-9,12-13H,10-11,14-15H2,1-4H3,(H2,22,23,24);1H. The first-order valence-corrected chi connectivity index (χ1v) is 10.7. The van der Waals surface area contributed by atoms with Gasteiger partial charge in [0, 0.05) is 42.4 Å². The van der Waals surface area contributed by atoms with Gasteiger partial charge in [-0.2, -0.15) is 0 Å². The number of guanidine groups is 1. The molecule has 0 saturated carbocycles. The summed E-state index contributed by atoms with van der Waals surface area (Å²) in [5, 5.41) is 6.43. The molecule has 1 unspecified atom stereocenters. The molecule has 166 valence electrons. The maximum Gasteiger partial charge on any atom is 0.203 e. The van der Waals surface area contributed by atoms with Gasteiger partial charge in [-0.1, -0.05) is 30.3 Å². The third-order valence-corrected chi connectivity index (χ3v) is 5.52. The molecule has 0 aliphatic carbocycles. The third kappa shape index (κ3) is 8.02. The molecule has 2 N–H and O–H groups in total. The van der Waals surface area contributed by atoms with Crippen LogP contribution in [0.3, 0.4) is 0 Å². The molecule has 0 aromatic heterocycles. The van der Waals surface area contributed by atoms with Crippen molar-refractivity contribution in [1.29, 1.82) is 0 Å². The molecular weight excluding hydrogens is 517 g/mol. The van der Waals surface area contributed by atoms with Crippen molar-refractivity contribution in [2.75, 3.05) is 40.7 Å². The van der Waals surface area contributed by atoms with Gasteiger partial charge in [0.1, 0.15) is 0 Å². The lowest BCUT2D eigenvalue weighted by molar-refractivity contribution is 0.323. The molecule has 0 aliphatic rings. The van der Waals surface area contributed by atoms with Gasteiger partial charge in [0.2, 0.25) is 5.75 Å². The molecule has 9 heteroatoms. The van der Waals surface area contributed by atoms with Gasteiger partial charge >= 0.3 is 0 Å². The average Bonchev–Trinajstić information content (AvgIpc) is 2.75. The van der Waals surface area contributed by atoms with Crippen molar-refractivity contribution < 1.29 is 18.4 Å². The Hall–Kier alpha value is -2.01. The van der Waals surface area contributed by atoms with Crippen LogP contribution < -0.4 is 24.8 Å². The Labute approximate surface area is 198 Å². The number of nitrogens with one attached hydrogen (secondary N) is 2. The van der Waals surface area contributed by atoms with Gasteiger partial charge in [0.05, 0.1) is 21.3 Å². The molecule has 1 atom stereocenters. The predicted molar refractivity (Wildman–Crippen MR) is 133 cm³/mol. The fourth-order valence-corrected chi connectivity index (χ4v) is 3.80. The van der Waals surface area contributed by atoms with E-state index in [0.29, 0.717) is 47.8 Å². The van der Waals surface area contributed by atoms with Crippen LogP contribution in [0.4, 0.5) is 0 Å². The topological polar surface area (TPSA) is 81.2 Å². The number of benzene rings is 2. The zero-order chi connectivity index (χ0) is 21.1. The molecule has 2 rings (SSSR count). The monoisotopic (exact) mass is 547 g/mol. The lowest BCUT2D eigenvalue weighted by Gasteiger charge is -2.16. The van der Waals surface area contributed by atoms with Crippen molar-refractivity contribution in [3.05, 3.63) is 53.6 Å². The first kappa shape index (κ1) is 26.0. The maximum atomic E-state index is 12.2. The summed E-state index contributed by atoms with van der Waals surface area (Å²) >= 11 is 0. The van der Waals surface area contributed by atoms with Gasteiger partial charge in [0.15, 0.2) is 17.5 Å². The van der Waals surface area contributed by atoms with E-state index in [1.807, 2.05) is 42.5 Å². The number of ether oxygens (including phenoxy) is 3. The highest BCUT2D eigenvalue weighted by Crippen LogP contribution is 2.38. The summed E-state index contributed by atoms with van der Waals surface area (Å²) in [5.74, 6) is 3.49. The largest absolute Gasteiger partial charge is 0.493 e. The summed E-state index contributed by atoms with van der Waals surface area (Å²) < 4.78 is 28.3. The summed E-state index contributed by atoms with van der Waals surface area (Å²) in [6, 6.07) is 13.6. The lowest BCUT2D eigenvalue weighted by atomic mass is 10.2. The van der Waals surface area contributed by atoms with Gasteiger partial charge < -0.3 is 24.8 Å². The molecular formula is C21H30IN3O4S. The van der Waals surface area contributed by atoms with Crippen LogP contribution >= 0.6 is 24.0 Å². The van der Waals surface area contributed by atoms with E-state index in [2.05, 4.69) is 15.6 Å². The first-order chi connectivity index (χ1) is 14.1. The molecule has 30 heavy (non-hydrogen) atoms. The zero-order valence-corrected chi connectivity index (χ0v) is 20.9. The number of hydrogen-bond donors (Lipinski definition) is 2. The van der Waals surface area contributed by atoms with Crippen molar-refractivity contribution in [3.63, 3.8) is 0 Å². The summed E-state index contributed by atoms with van der Waals surface area (Å²) in [6.45, 7) is 1.08. The molecule has 0 radical (unpaired) electrons. The Balaban J connectivity index is 0.00000450. The summed E-state index contributed by atoms with van der Waals surface area (Å²) in [5.41, 5.74) is 2.03. The van der Waals surface area contributed by atoms with Crippen molar-refractivity contribution in [2.45, 2.75) is 12.3 Å². The van der Waals surface area contributed by atoms with Gasteiger partial charge in [0.25, 0.3) is 0 Å². The fourth-order valence-electron chi connectivity index (χ4n) is 2.76. The van der Waals surface area contributed by atoms with Crippen LogP contribution in [0.15, 0.2) is 47.5 Å². The van der Waals surface area contributed by atoms with Crippen LogP contribution in [0.25, 0.3) is 0 Å². The molecule has 0 fully saturated rings. The van der Waals surface area contributed by atoms with Crippen LogP contribution in [0, 0.1) is 0 Å². The number of nitrogens with zero attached hydrogens (tertiary/aromatic N) is 1. The van der Waals surface area contributed by atoms with E-state index in [1.165, 1.54) is 0 Å². The van der Waals surface area contributed by atoms with Crippen LogP contribution in [0.2, 0.25) is 0 Å². The van der Waals surface area contributed by atoms with E-state index >= 15 is 0 Å².